The van der Waals surface area contributed by atoms with Gasteiger partial charge in [0.05, 0.1) is 0 Å². The lowest BCUT2D eigenvalue weighted by atomic mass is 10.8. The molecule has 0 heterocycles. The van der Waals surface area contributed by atoms with Gasteiger partial charge in [0, 0.05) is 11.8 Å². The summed E-state index contributed by atoms with van der Waals surface area (Å²) in [7, 11) is 0. The van der Waals surface area contributed by atoms with E-state index in [2.05, 4.69) is 0 Å². The molecular weight excluding hydrogens is 242 g/mol. The average Bonchev–Trinajstić information content (AvgIpc) is 1.97. The summed E-state index contributed by atoms with van der Waals surface area (Å²) >= 11 is 22.6. The van der Waals surface area contributed by atoms with Gasteiger partial charge in [-0.3, -0.25) is 0 Å². The fourth-order valence-corrected chi connectivity index (χ4v) is 2.98. The molecule has 0 saturated carbocycles. The van der Waals surface area contributed by atoms with E-state index in [9.17, 15) is 0 Å². The molecule has 11 heavy (non-hydrogen) atoms. The summed E-state index contributed by atoms with van der Waals surface area (Å²) in [6.45, 7) is -2.33. The zero-order chi connectivity index (χ0) is 8.74. The predicted octanol–water partition coefficient (Wildman–Crippen LogP) is 3.57. The minimum absolute atomic E-state index is 0.433. The second-order valence-electron chi connectivity index (χ2n) is 1.79. The van der Waals surface area contributed by atoms with Gasteiger partial charge in [-0.05, 0) is 0 Å². The molecule has 0 nitrogen and oxygen atoms in total. The van der Waals surface area contributed by atoms with Crippen molar-refractivity contribution in [1.29, 1.82) is 0 Å². The maximum atomic E-state index is 5.91. The number of halogens is 4. The Hall–Kier alpha value is 0.857. The molecule has 0 saturated heterocycles. The summed E-state index contributed by atoms with van der Waals surface area (Å²) in [5, 5.41) is 0. The van der Waals surface area contributed by atoms with Crippen LogP contribution in [0.25, 0.3) is 0 Å². The first-order valence-electron chi connectivity index (χ1n) is 2.97. The highest BCUT2D eigenvalue weighted by atomic mass is 35.7. The quantitative estimate of drug-likeness (QED) is 0.406. The molecule has 0 aromatic rings. The summed E-state index contributed by atoms with van der Waals surface area (Å²) in [6, 6.07) is 0. The summed E-state index contributed by atoms with van der Waals surface area (Å²) in [5.41, 5.74) is 3.48. The molecule has 5 heteroatoms. The standard InChI is InChI=1S/C6H8Cl4Si/c7-3-1-5-11(9,10)6-2-4-8/h1-2,5-6H,3-4H2/b5-1+,6-2+. The van der Waals surface area contributed by atoms with Crippen molar-refractivity contribution in [3.63, 3.8) is 0 Å². The van der Waals surface area contributed by atoms with Crippen LogP contribution in [0.4, 0.5) is 0 Å². The fourth-order valence-electron chi connectivity index (χ4n) is 0.459. The summed E-state index contributed by atoms with van der Waals surface area (Å²) in [5.74, 6) is 0.867. The maximum Gasteiger partial charge on any atom is 0.296 e. The zero-order valence-corrected chi connectivity index (χ0v) is 9.76. The van der Waals surface area contributed by atoms with E-state index < -0.39 is 6.69 Å². The third-order valence-electron chi connectivity index (χ3n) is 0.858. The smallest absolute Gasteiger partial charge is 0.135 e. The highest BCUT2D eigenvalue weighted by molar-refractivity contribution is 7.49. The molecule has 64 valence electrons. The van der Waals surface area contributed by atoms with Gasteiger partial charge >= 0.3 is 0 Å². The molecule has 0 unspecified atom stereocenters. The molecule has 0 aromatic heterocycles. The number of hydrogen-bond acceptors (Lipinski definition) is 0. The topological polar surface area (TPSA) is 0 Å². The van der Waals surface area contributed by atoms with Crippen molar-refractivity contribution in [2.75, 3.05) is 11.8 Å². The first-order chi connectivity index (χ1) is 5.12. The van der Waals surface area contributed by atoms with Crippen LogP contribution in [0, 0.1) is 0 Å². The first-order valence-corrected chi connectivity index (χ1v) is 8.22. The van der Waals surface area contributed by atoms with Gasteiger partial charge in [-0.1, -0.05) is 23.6 Å². The van der Waals surface area contributed by atoms with E-state index >= 15 is 0 Å². The van der Waals surface area contributed by atoms with Crippen LogP contribution in [-0.4, -0.2) is 18.5 Å². The van der Waals surface area contributed by atoms with Gasteiger partial charge in [-0.25, -0.2) is 0 Å². The normalized spacial score (nSPS) is 13.5. The number of allylic oxidation sites excluding steroid dienone is 2. The molecule has 0 fully saturated rings. The van der Waals surface area contributed by atoms with Crippen molar-refractivity contribution < 1.29 is 0 Å². The number of alkyl halides is 2. The van der Waals surface area contributed by atoms with Crippen molar-refractivity contribution >= 4 is 52.1 Å². The maximum absolute atomic E-state index is 5.91. The molecule has 0 bridgehead atoms. The Morgan fingerprint density at radius 3 is 1.55 bits per heavy atom. The third-order valence-corrected chi connectivity index (χ3v) is 4.09. The average molecular weight is 250 g/mol. The first kappa shape index (κ1) is 11.9. The van der Waals surface area contributed by atoms with Crippen LogP contribution in [0.3, 0.4) is 0 Å². The van der Waals surface area contributed by atoms with Crippen molar-refractivity contribution in [1.82, 2.24) is 0 Å². The fraction of sp³-hybridized carbons (Fsp3) is 0.333. The Morgan fingerprint density at radius 1 is 0.909 bits per heavy atom. The van der Waals surface area contributed by atoms with Crippen LogP contribution in [0.1, 0.15) is 0 Å². The summed E-state index contributed by atoms with van der Waals surface area (Å²) < 4.78 is 0. The molecular formula is C6H8Cl4Si. The van der Waals surface area contributed by atoms with Crippen molar-refractivity contribution in [2.45, 2.75) is 0 Å². The number of rotatable bonds is 4. The molecule has 0 aliphatic heterocycles. The Balaban J connectivity index is 3.99. The minimum Gasteiger partial charge on any atom is -0.135 e. The second kappa shape index (κ2) is 6.38. The lowest BCUT2D eigenvalue weighted by Crippen LogP contribution is -2.11. The Kier molecular flexibility index (Phi) is 6.88. The van der Waals surface area contributed by atoms with Gasteiger partial charge in [0.1, 0.15) is 0 Å². The van der Waals surface area contributed by atoms with Crippen LogP contribution in [0.2, 0.25) is 0 Å². The Bertz CT molecular complexity index is 137. The van der Waals surface area contributed by atoms with Crippen LogP contribution in [0.5, 0.6) is 0 Å². The minimum atomic E-state index is -2.33. The predicted molar refractivity (Wildman–Crippen MR) is 57.2 cm³/mol. The van der Waals surface area contributed by atoms with Crippen LogP contribution in [0.15, 0.2) is 23.6 Å². The van der Waals surface area contributed by atoms with Crippen molar-refractivity contribution in [3.8, 4) is 0 Å². The Morgan fingerprint density at radius 2 is 1.27 bits per heavy atom. The van der Waals surface area contributed by atoms with E-state index in [0.29, 0.717) is 11.8 Å². The van der Waals surface area contributed by atoms with E-state index in [1.165, 1.54) is 0 Å². The largest absolute Gasteiger partial charge is 0.296 e. The monoisotopic (exact) mass is 248 g/mol. The van der Waals surface area contributed by atoms with Gasteiger partial charge < -0.3 is 0 Å². The van der Waals surface area contributed by atoms with Gasteiger partial charge in [0.2, 0.25) is 0 Å². The van der Waals surface area contributed by atoms with Gasteiger partial charge in [-0.15, -0.1) is 45.4 Å². The highest BCUT2D eigenvalue weighted by Gasteiger charge is 2.19. The van der Waals surface area contributed by atoms with E-state index in [-0.39, 0.29) is 0 Å². The Labute approximate surface area is 87.2 Å². The molecule has 0 aromatic carbocycles. The third kappa shape index (κ3) is 7.23. The second-order valence-corrected chi connectivity index (χ2v) is 8.75. The van der Waals surface area contributed by atoms with Crippen molar-refractivity contribution in [2.24, 2.45) is 0 Å². The van der Waals surface area contributed by atoms with E-state index in [4.69, 9.17) is 45.4 Å². The van der Waals surface area contributed by atoms with Crippen molar-refractivity contribution in [3.05, 3.63) is 23.6 Å². The lowest BCUT2D eigenvalue weighted by molar-refractivity contribution is 1.76. The van der Waals surface area contributed by atoms with E-state index in [1.54, 1.807) is 23.6 Å². The van der Waals surface area contributed by atoms with Crippen LogP contribution >= 0.6 is 45.4 Å². The van der Waals surface area contributed by atoms with Crippen LogP contribution in [-0.2, 0) is 0 Å². The van der Waals surface area contributed by atoms with E-state index in [0.717, 1.165) is 0 Å². The zero-order valence-electron chi connectivity index (χ0n) is 5.74. The lowest BCUT2D eigenvalue weighted by Gasteiger charge is -2.03. The molecule has 0 aliphatic rings. The van der Waals surface area contributed by atoms with Crippen LogP contribution < -0.4 is 0 Å². The highest BCUT2D eigenvalue weighted by Crippen LogP contribution is 2.18. The van der Waals surface area contributed by atoms with Gasteiger partial charge in [-0.2, -0.15) is 0 Å². The molecule has 0 amide bonds. The molecule has 0 N–H and O–H groups in total. The molecule has 0 spiro atoms. The molecule has 0 rings (SSSR count). The van der Waals surface area contributed by atoms with Gasteiger partial charge in [0.15, 0.2) is 0 Å². The molecule has 0 aliphatic carbocycles. The van der Waals surface area contributed by atoms with E-state index in [1.807, 2.05) is 0 Å². The summed E-state index contributed by atoms with van der Waals surface area (Å²) in [4.78, 5) is 0. The summed E-state index contributed by atoms with van der Waals surface area (Å²) in [6.07, 6.45) is 3.48. The SMILES string of the molecule is ClC/C=C/[Si](Cl)(Cl)/C=C/CCl. The molecule has 0 atom stereocenters. The number of hydrogen-bond donors (Lipinski definition) is 0. The van der Waals surface area contributed by atoms with Gasteiger partial charge in [0.25, 0.3) is 6.69 Å². The molecule has 0 radical (unpaired) electrons.